The Labute approximate surface area is 150 Å². The number of hydrogen-bond acceptors (Lipinski definition) is 3. The molecule has 1 N–H and O–H groups in total. The molecule has 1 heterocycles. The Morgan fingerprint density at radius 1 is 1.16 bits per heavy atom. The third kappa shape index (κ3) is 6.50. The number of aliphatic hydroxyl groups is 1. The van der Waals surface area contributed by atoms with Gasteiger partial charge in [-0.05, 0) is 24.8 Å². The summed E-state index contributed by atoms with van der Waals surface area (Å²) in [5, 5.41) is 10.2. The second kappa shape index (κ2) is 10.2. The molecule has 138 valence electrons. The molecule has 0 radical (unpaired) electrons. The van der Waals surface area contributed by atoms with E-state index in [2.05, 4.69) is 19.1 Å². The van der Waals surface area contributed by atoms with Gasteiger partial charge in [0, 0.05) is 26.1 Å². The van der Waals surface area contributed by atoms with Crippen molar-refractivity contribution in [2.45, 2.75) is 51.6 Å². The molecule has 1 aromatic carbocycles. The molecule has 2 amide bonds. The monoisotopic (exact) mass is 346 g/mol. The highest BCUT2D eigenvalue weighted by Crippen LogP contribution is 2.11. The zero-order valence-electron chi connectivity index (χ0n) is 15.2. The Morgan fingerprint density at radius 3 is 2.64 bits per heavy atom. The minimum Gasteiger partial charge on any atom is -0.389 e. The van der Waals surface area contributed by atoms with Crippen LogP contribution in [0.15, 0.2) is 30.3 Å². The van der Waals surface area contributed by atoms with E-state index in [-0.39, 0.29) is 24.9 Å². The Balaban J connectivity index is 1.83. The van der Waals surface area contributed by atoms with Crippen LogP contribution in [-0.4, -0.2) is 59.0 Å². The number of rotatable bonds is 8. The molecule has 25 heavy (non-hydrogen) atoms. The number of amides is 2. The normalized spacial score (nSPS) is 18.3. The molecule has 0 bridgehead atoms. The predicted molar refractivity (Wildman–Crippen MR) is 98.1 cm³/mol. The fraction of sp³-hybridized carbons (Fsp3) is 0.600. The van der Waals surface area contributed by atoms with Gasteiger partial charge in [0.2, 0.25) is 11.8 Å². The first-order valence-electron chi connectivity index (χ1n) is 9.37. The van der Waals surface area contributed by atoms with E-state index in [1.165, 1.54) is 10.5 Å². The summed E-state index contributed by atoms with van der Waals surface area (Å²) >= 11 is 0. The summed E-state index contributed by atoms with van der Waals surface area (Å²) in [5.74, 6) is -0.0829. The molecular weight excluding hydrogens is 316 g/mol. The number of carbonyl (C=O) groups is 2. The molecule has 2 rings (SSSR count). The van der Waals surface area contributed by atoms with E-state index >= 15 is 0 Å². The van der Waals surface area contributed by atoms with E-state index < -0.39 is 6.10 Å². The van der Waals surface area contributed by atoms with Gasteiger partial charge >= 0.3 is 0 Å². The first-order valence-corrected chi connectivity index (χ1v) is 9.37. The van der Waals surface area contributed by atoms with E-state index in [1.54, 1.807) is 4.90 Å². The standard InChI is InChI=1S/C20H30N2O3/c1-2-3-5-12-19(24)22-15-18(23)14-21(20(25)16-22)13-8-11-17-9-6-4-7-10-17/h4,6-7,9-10,18,23H,2-3,5,8,11-16H2,1H3. The van der Waals surface area contributed by atoms with Crippen LogP contribution in [0.1, 0.15) is 44.6 Å². The lowest BCUT2D eigenvalue weighted by Crippen LogP contribution is -2.39. The smallest absolute Gasteiger partial charge is 0.242 e. The van der Waals surface area contributed by atoms with Crippen molar-refractivity contribution in [1.29, 1.82) is 0 Å². The lowest BCUT2D eigenvalue weighted by molar-refractivity contribution is -0.138. The maximum Gasteiger partial charge on any atom is 0.242 e. The number of hydrogen-bond donors (Lipinski definition) is 1. The Bertz CT molecular complexity index is 547. The lowest BCUT2D eigenvalue weighted by Gasteiger charge is -2.21. The number of aliphatic hydroxyl groups excluding tert-OH is 1. The van der Waals surface area contributed by atoms with Crippen LogP contribution in [0.2, 0.25) is 0 Å². The molecule has 0 aromatic heterocycles. The SMILES string of the molecule is CCCCCC(=O)N1CC(=O)N(CCCc2ccccc2)CC(O)C1. The average molecular weight is 346 g/mol. The van der Waals surface area contributed by atoms with Crippen LogP contribution < -0.4 is 0 Å². The van der Waals surface area contributed by atoms with E-state index in [0.717, 1.165) is 32.1 Å². The molecule has 1 saturated heterocycles. The van der Waals surface area contributed by atoms with Gasteiger partial charge in [-0.25, -0.2) is 0 Å². The largest absolute Gasteiger partial charge is 0.389 e. The summed E-state index contributed by atoms with van der Waals surface area (Å²) in [6.07, 6.45) is 4.47. The van der Waals surface area contributed by atoms with Gasteiger partial charge in [-0.3, -0.25) is 9.59 Å². The van der Waals surface area contributed by atoms with Crippen LogP contribution in [0, 0.1) is 0 Å². The van der Waals surface area contributed by atoms with Crippen LogP contribution in [0.3, 0.4) is 0 Å². The van der Waals surface area contributed by atoms with Crippen molar-refractivity contribution in [1.82, 2.24) is 9.80 Å². The van der Waals surface area contributed by atoms with Crippen LogP contribution in [-0.2, 0) is 16.0 Å². The van der Waals surface area contributed by atoms with Crippen LogP contribution in [0.25, 0.3) is 0 Å². The first kappa shape index (κ1) is 19.4. The first-order chi connectivity index (χ1) is 12.1. The van der Waals surface area contributed by atoms with Crippen molar-refractivity contribution < 1.29 is 14.7 Å². The van der Waals surface area contributed by atoms with Gasteiger partial charge in [-0.1, -0.05) is 50.1 Å². The number of nitrogens with zero attached hydrogens (tertiary/aromatic N) is 2. The second-order valence-electron chi connectivity index (χ2n) is 6.81. The van der Waals surface area contributed by atoms with Crippen molar-refractivity contribution in [3.8, 4) is 0 Å². The lowest BCUT2D eigenvalue weighted by atomic mass is 10.1. The summed E-state index contributed by atoms with van der Waals surface area (Å²) in [5.41, 5.74) is 1.25. The molecule has 1 aromatic rings. The molecule has 1 unspecified atom stereocenters. The highest BCUT2D eigenvalue weighted by Gasteiger charge is 2.28. The van der Waals surface area contributed by atoms with Gasteiger partial charge in [0.25, 0.3) is 0 Å². The van der Waals surface area contributed by atoms with Gasteiger partial charge < -0.3 is 14.9 Å². The number of aryl methyl sites for hydroxylation is 1. The fourth-order valence-electron chi connectivity index (χ4n) is 3.21. The quantitative estimate of drug-likeness (QED) is 0.734. The third-order valence-electron chi connectivity index (χ3n) is 4.62. The van der Waals surface area contributed by atoms with E-state index in [4.69, 9.17) is 0 Å². The molecule has 0 aliphatic carbocycles. The van der Waals surface area contributed by atoms with Crippen molar-refractivity contribution in [2.24, 2.45) is 0 Å². The van der Waals surface area contributed by atoms with Crippen LogP contribution in [0.4, 0.5) is 0 Å². The van der Waals surface area contributed by atoms with Gasteiger partial charge in [-0.15, -0.1) is 0 Å². The topological polar surface area (TPSA) is 60.9 Å². The molecule has 1 fully saturated rings. The third-order valence-corrected chi connectivity index (χ3v) is 4.62. The number of unbranched alkanes of at least 4 members (excludes halogenated alkanes) is 2. The van der Waals surface area contributed by atoms with E-state index in [9.17, 15) is 14.7 Å². The minimum absolute atomic E-state index is 0.0213. The average Bonchev–Trinajstić information content (AvgIpc) is 2.74. The van der Waals surface area contributed by atoms with E-state index in [0.29, 0.717) is 19.5 Å². The molecule has 0 saturated carbocycles. The fourth-order valence-corrected chi connectivity index (χ4v) is 3.21. The van der Waals surface area contributed by atoms with E-state index in [1.807, 2.05) is 18.2 Å². The van der Waals surface area contributed by atoms with Gasteiger partial charge in [0.1, 0.15) is 0 Å². The number of benzene rings is 1. The summed E-state index contributed by atoms with van der Waals surface area (Å²) in [6, 6.07) is 10.2. The van der Waals surface area contributed by atoms with Gasteiger partial charge in [-0.2, -0.15) is 0 Å². The molecule has 5 nitrogen and oxygen atoms in total. The summed E-state index contributed by atoms with van der Waals surface area (Å²) < 4.78 is 0. The Morgan fingerprint density at radius 2 is 1.92 bits per heavy atom. The highest BCUT2D eigenvalue weighted by molar-refractivity contribution is 5.85. The molecule has 0 spiro atoms. The van der Waals surface area contributed by atoms with Gasteiger partial charge in [0.15, 0.2) is 0 Å². The van der Waals surface area contributed by atoms with Crippen molar-refractivity contribution in [2.75, 3.05) is 26.2 Å². The summed E-state index contributed by atoms with van der Waals surface area (Å²) in [6.45, 7) is 3.37. The van der Waals surface area contributed by atoms with Gasteiger partial charge in [0.05, 0.1) is 12.6 Å². The van der Waals surface area contributed by atoms with Crippen LogP contribution >= 0.6 is 0 Å². The molecule has 5 heteroatoms. The number of β-amino-alcohol motifs (C(OH)–C–C–N with tert-alkyl or cyclic N) is 1. The maximum absolute atomic E-state index is 12.5. The summed E-state index contributed by atoms with van der Waals surface area (Å²) in [7, 11) is 0. The minimum atomic E-state index is -0.668. The number of carbonyl (C=O) groups excluding carboxylic acids is 2. The van der Waals surface area contributed by atoms with Crippen molar-refractivity contribution in [3.05, 3.63) is 35.9 Å². The zero-order valence-corrected chi connectivity index (χ0v) is 15.2. The summed E-state index contributed by atoms with van der Waals surface area (Å²) in [4.78, 5) is 28.0. The molecular formula is C20H30N2O3. The highest BCUT2D eigenvalue weighted by atomic mass is 16.3. The molecule has 1 atom stereocenters. The second-order valence-corrected chi connectivity index (χ2v) is 6.81. The van der Waals surface area contributed by atoms with Crippen LogP contribution in [0.5, 0.6) is 0 Å². The molecule has 1 aliphatic heterocycles. The van der Waals surface area contributed by atoms with Crippen molar-refractivity contribution >= 4 is 11.8 Å². The van der Waals surface area contributed by atoms with Crippen molar-refractivity contribution in [3.63, 3.8) is 0 Å². The molecule has 1 aliphatic rings. The maximum atomic E-state index is 12.5. The Kier molecular flexibility index (Phi) is 7.92. The Hall–Kier alpha value is -1.88. The zero-order chi connectivity index (χ0) is 18.1. The predicted octanol–water partition coefficient (Wildman–Crippen LogP) is 2.23.